The number of nitrogens with one attached hydrogen (secondary N) is 2. The molecule has 1 aromatic heterocycles. The fraction of sp³-hybridized carbons (Fsp3) is 0.320. The Morgan fingerprint density at radius 1 is 0.971 bits per heavy atom. The third kappa shape index (κ3) is 5.72. The van der Waals surface area contributed by atoms with E-state index in [9.17, 15) is 18.8 Å². The van der Waals surface area contributed by atoms with Crippen LogP contribution in [0.2, 0.25) is 0 Å². The van der Waals surface area contributed by atoms with Crippen molar-refractivity contribution in [1.82, 2.24) is 10.6 Å². The van der Waals surface area contributed by atoms with Crippen LogP contribution in [0.25, 0.3) is 10.1 Å². The van der Waals surface area contributed by atoms with Crippen molar-refractivity contribution < 1.29 is 28.6 Å². The molecule has 0 unspecified atom stereocenters. The van der Waals surface area contributed by atoms with E-state index in [1.807, 2.05) is 23.6 Å². The largest absolute Gasteiger partial charge is 0.490 e. The summed E-state index contributed by atoms with van der Waals surface area (Å²) in [5, 5.41) is 17.4. The number of hydrogen-bond acceptors (Lipinski definition) is 5. The number of rotatable bonds is 8. The lowest BCUT2D eigenvalue weighted by atomic mass is 9.87. The molecule has 4 rings (SSSR count). The molecule has 1 heterocycles. The Labute approximate surface area is 199 Å². The molecule has 1 fully saturated rings. The van der Waals surface area contributed by atoms with Crippen LogP contribution in [0.1, 0.15) is 46.4 Å². The monoisotopic (exact) mass is 484 g/mol. The van der Waals surface area contributed by atoms with Gasteiger partial charge < -0.3 is 20.5 Å². The van der Waals surface area contributed by atoms with E-state index in [-0.39, 0.29) is 36.6 Å². The molecule has 3 aromatic rings. The van der Waals surface area contributed by atoms with Crippen molar-refractivity contribution in [3.8, 4) is 5.75 Å². The van der Waals surface area contributed by atoms with E-state index in [4.69, 9.17) is 9.84 Å². The summed E-state index contributed by atoms with van der Waals surface area (Å²) in [4.78, 5) is 35.7. The lowest BCUT2D eigenvalue weighted by Crippen LogP contribution is -2.35. The SMILES string of the molecule is O=C(NCCNC(=O)c1ccc(O[C@H]2CC[C@@H](C(=O)O)CC2)cc1F)c1ccc2sccc2c1. The molecular weight excluding hydrogens is 459 g/mol. The molecule has 0 spiro atoms. The van der Waals surface area contributed by atoms with Gasteiger partial charge in [0.15, 0.2) is 0 Å². The van der Waals surface area contributed by atoms with Crippen LogP contribution in [-0.4, -0.2) is 42.1 Å². The molecule has 3 N–H and O–H groups in total. The number of benzene rings is 2. The van der Waals surface area contributed by atoms with Crippen LogP contribution in [-0.2, 0) is 4.79 Å². The zero-order valence-corrected chi connectivity index (χ0v) is 19.2. The number of halogens is 1. The van der Waals surface area contributed by atoms with Crippen molar-refractivity contribution in [3.63, 3.8) is 0 Å². The van der Waals surface area contributed by atoms with E-state index in [0.717, 1.165) is 10.1 Å². The van der Waals surface area contributed by atoms with Crippen LogP contribution in [0.5, 0.6) is 5.75 Å². The van der Waals surface area contributed by atoms with E-state index < -0.39 is 17.7 Å². The van der Waals surface area contributed by atoms with E-state index in [0.29, 0.717) is 37.0 Å². The summed E-state index contributed by atoms with van der Waals surface area (Å²) in [6, 6.07) is 11.5. The van der Waals surface area contributed by atoms with E-state index in [2.05, 4.69) is 10.6 Å². The fourth-order valence-corrected chi connectivity index (χ4v) is 4.80. The highest BCUT2D eigenvalue weighted by molar-refractivity contribution is 7.17. The molecule has 34 heavy (non-hydrogen) atoms. The van der Waals surface area contributed by atoms with Crippen LogP contribution in [0.3, 0.4) is 0 Å². The lowest BCUT2D eigenvalue weighted by Gasteiger charge is -2.26. The predicted octanol–water partition coefficient (Wildman–Crippen LogP) is 4.22. The number of thiophene rings is 1. The van der Waals surface area contributed by atoms with Gasteiger partial charge in [-0.2, -0.15) is 0 Å². The number of carbonyl (C=O) groups excluding carboxylic acids is 2. The second-order valence-corrected chi connectivity index (χ2v) is 9.20. The van der Waals surface area contributed by atoms with Gasteiger partial charge in [-0.3, -0.25) is 14.4 Å². The standard InChI is InChI=1S/C25H25FN2O5S/c26-21-14-19(33-18-4-1-15(2-5-18)25(31)32)6-7-20(21)24(30)28-11-10-27-23(29)17-3-8-22-16(13-17)9-12-34-22/h3,6-9,12-15,18H,1-2,4-5,10-11H2,(H,27,29)(H,28,30)(H,31,32)/t15-,18+. The molecule has 0 atom stereocenters. The number of carboxylic acid groups (broad SMARTS) is 1. The Kier molecular flexibility index (Phi) is 7.42. The van der Waals surface area contributed by atoms with Crippen molar-refractivity contribution in [2.75, 3.05) is 13.1 Å². The first-order valence-electron chi connectivity index (χ1n) is 11.1. The molecule has 0 saturated heterocycles. The number of aliphatic carboxylic acids is 1. The average Bonchev–Trinajstić information content (AvgIpc) is 3.30. The first kappa shape index (κ1) is 23.7. The number of hydrogen-bond donors (Lipinski definition) is 3. The van der Waals surface area contributed by atoms with Gasteiger partial charge in [-0.1, -0.05) is 0 Å². The minimum Gasteiger partial charge on any atom is -0.490 e. The van der Waals surface area contributed by atoms with Gasteiger partial charge in [-0.05, 0) is 72.8 Å². The molecule has 2 aromatic carbocycles. The highest BCUT2D eigenvalue weighted by Gasteiger charge is 2.27. The fourth-order valence-electron chi connectivity index (χ4n) is 4.03. The second kappa shape index (κ2) is 10.6. The zero-order chi connectivity index (χ0) is 24.1. The molecule has 178 valence electrons. The maximum atomic E-state index is 14.5. The Morgan fingerprint density at radius 2 is 1.71 bits per heavy atom. The zero-order valence-electron chi connectivity index (χ0n) is 18.4. The summed E-state index contributed by atoms with van der Waals surface area (Å²) < 4.78 is 21.4. The maximum absolute atomic E-state index is 14.5. The van der Waals surface area contributed by atoms with Gasteiger partial charge in [0.1, 0.15) is 11.6 Å². The van der Waals surface area contributed by atoms with Gasteiger partial charge >= 0.3 is 5.97 Å². The Balaban J connectivity index is 1.23. The summed E-state index contributed by atoms with van der Waals surface area (Å²) in [5.41, 5.74) is 0.423. The van der Waals surface area contributed by atoms with Gasteiger partial charge in [-0.15, -0.1) is 11.3 Å². The molecular formula is C25H25FN2O5S. The van der Waals surface area contributed by atoms with Gasteiger partial charge in [0.2, 0.25) is 0 Å². The molecule has 0 aliphatic heterocycles. The quantitative estimate of drug-likeness (QED) is 0.415. The van der Waals surface area contributed by atoms with Crippen LogP contribution in [0, 0.1) is 11.7 Å². The number of fused-ring (bicyclic) bond motifs is 1. The molecule has 2 amide bonds. The number of ether oxygens (including phenoxy) is 1. The molecule has 1 aliphatic rings. The molecule has 0 radical (unpaired) electrons. The Morgan fingerprint density at radius 3 is 2.41 bits per heavy atom. The summed E-state index contributed by atoms with van der Waals surface area (Å²) in [7, 11) is 0. The van der Waals surface area contributed by atoms with Gasteiger partial charge in [0.05, 0.1) is 17.6 Å². The number of carbonyl (C=O) groups is 3. The summed E-state index contributed by atoms with van der Waals surface area (Å²) in [6.07, 6.45) is 2.07. The Hall–Kier alpha value is -3.46. The lowest BCUT2D eigenvalue weighted by molar-refractivity contribution is -0.143. The molecule has 7 nitrogen and oxygen atoms in total. The van der Waals surface area contributed by atoms with Crippen LogP contribution < -0.4 is 15.4 Å². The topological polar surface area (TPSA) is 105 Å². The van der Waals surface area contributed by atoms with Crippen molar-refractivity contribution in [3.05, 3.63) is 64.8 Å². The van der Waals surface area contributed by atoms with E-state index >= 15 is 0 Å². The van der Waals surface area contributed by atoms with Gasteiger partial charge in [0, 0.05) is 29.4 Å². The molecule has 9 heteroatoms. The molecule has 1 saturated carbocycles. The van der Waals surface area contributed by atoms with Gasteiger partial charge in [-0.25, -0.2) is 4.39 Å². The number of amides is 2. The van der Waals surface area contributed by atoms with Crippen molar-refractivity contribution >= 4 is 39.2 Å². The second-order valence-electron chi connectivity index (χ2n) is 8.26. The average molecular weight is 485 g/mol. The van der Waals surface area contributed by atoms with Gasteiger partial charge in [0.25, 0.3) is 11.8 Å². The minimum atomic E-state index is -0.792. The summed E-state index contributed by atoms with van der Waals surface area (Å²) >= 11 is 1.60. The predicted molar refractivity (Wildman–Crippen MR) is 127 cm³/mol. The normalized spacial score (nSPS) is 17.8. The highest BCUT2D eigenvalue weighted by atomic mass is 32.1. The molecule has 1 aliphatic carbocycles. The van der Waals surface area contributed by atoms with Crippen molar-refractivity contribution in [2.45, 2.75) is 31.8 Å². The van der Waals surface area contributed by atoms with E-state index in [1.54, 1.807) is 17.4 Å². The number of carboxylic acids is 1. The smallest absolute Gasteiger partial charge is 0.306 e. The summed E-state index contributed by atoms with van der Waals surface area (Å²) in [5.74, 6) is -2.37. The first-order chi connectivity index (χ1) is 16.4. The van der Waals surface area contributed by atoms with Crippen LogP contribution in [0.15, 0.2) is 47.8 Å². The highest BCUT2D eigenvalue weighted by Crippen LogP contribution is 2.28. The third-order valence-corrected chi connectivity index (χ3v) is 6.82. The minimum absolute atomic E-state index is 0.115. The summed E-state index contributed by atoms with van der Waals surface area (Å²) in [6.45, 7) is 0.351. The maximum Gasteiger partial charge on any atom is 0.306 e. The van der Waals surface area contributed by atoms with Crippen molar-refractivity contribution in [1.29, 1.82) is 0 Å². The van der Waals surface area contributed by atoms with E-state index in [1.165, 1.54) is 18.2 Å². The molecule has 0 bridgehead atoms. The van der Waals surface area contributed by atoms with Crippen LogP contribution in [0.4, 0.5) is 4.39 Å². The third-order valence-electron chi connectivity index (χ3n) is 5.92. The van der Waals surface area contributed by atoms with Crippen molar-refractivity contribution in [2.24, 2.45) is 5.92 Å². The Bertz CT molecular complexity index is 1200. The van der Waals surface area contributed by atoms with Crippen LogP contribution >= 0.6 is 11.3 Å². The first-order valence-corrected chi connectivity index (χ1v) is 12.0.